The minimum absolute atomic E-state index is 0.487. The Kier molecular flexibility index (Phi) is 8.31. The highest BCUT2D eigenvalue weighted by molar-refractivity contribution is 5.29. The van der Waals surface area contributed by atoms with Crippen molar-refractivity contribution in [1.82, 2.24) is 0 Å². The van der Waals surface area contributed by atoms with Gasteiger partial charge in [-0.25, -0.2) is 0 Å². The molecule has 0 amide bonds. The highest BCUT2D eigenvalue weighted by Crippen LogP contribution is 2.22. The van der Waals surface area contributed by atoms with Crippen molar-refractivity contribution >= 4 is 0 Å². The first-order valence-electron chi connectivity index (χ1n) is 7.82. The molecule has 114 valence electrons. The molecule has 1 aromatic rings. The molecule has 3 nitrogen and oxygen atoms in total. The third-order valence-corrected chi connectivity index (χ3v) is 3.56. The molecule has 0 spiro atoms. The summed E-state index contributed by atoms with van der Waals surface area (Å²) in [5.41, 5.74) is 6.36. The van der Waals surface area contributed by atoms with Crippen LogP contribution in [-0.4, -0.2) is 18.3 Å². The first-order valence-corrected chi connectivity index (χ1v) is 7.82. The molecular formula is C17H29NO2. The number of nitrogens with two attached hydrogens (primary N) is 1. The van der Waals surface area contributed by atoms with Crippen LogP contribution in [0.4, 0.5) is 0 Å². The molecule has 1 atom stereocenters. The summed E-state index contributed by atoms with van der Waals surface area (Å²) in [5, 5.41) is 9.96. The van der Waals surface area contributed by atoms with Crippen molar-refractivity contribution in [3.05, 3.63) is 29.8 Å². The summed E-state index contributed by atoms with van der Waals surface area (Å²) < 4.78 is 5.90. The first-order chi connectivity index (χ1) is 9.71. The second-order valence-electron chi connectivity index (χ2n) is 5.42. The molecule has 3 N–H and O–H groups in total. The lowest BCUT2D eigenvalue weighted by Gasteiger charge is -2.17. The van der Waals surface area contributed by atoms with Gasteiger partial charge < -0.3 is 15.6 Å². The predicted molar refractivity (Wildman–Crippen MR) is 83.9 cm³/mol. The van der Waals surface area contributed by atoms with E-state index in [-0.39, 0.29) is 0 Å². The van der Waals surface area contributed by atoms with E-state index in [2.05, 4.69) is 13.8 Å². The molecule has 0 fully saturated rings. The van der Waals surface area contributed by atoms with E-state index in [4.69, 9.17) is 10.5 Å². The van der Waals surface area contributed by atoms with Gasteiger partial charge in [-0.15, -0.1) is 0 Å². The van der Waals surface area contributed by atoms with Gasteiger partial charge in [-0.1, -0.05) is 38.8 Å². The van der Waals surface area contributed by atoms with Crippen molar-refractivity contribution in [3.8, 4) is 5.75 Å². The minimum atomic E-state index is -0.495. The monoisotopic (exact) mass is 279 g/mol. The average molecular weight is 279 g/mol. The summed E-state index contributed by atoms with van der Waals surface area (Å²) in [6, 6.07) is 7.73. The summed E-state index contributed by atoms with van der Waals surface area (Å²) in [7, 11) is 0. The van der Waals surface area contributed by atoms with Crippen LogP contribution in [0, 0.1) is 5.92 Å². The van der Waals surface area contributed by atoms with Crippen LogP contribution in [0.3, 0.4) is 0 Å². The fraction of sp³-hybridized carbons (Fsp3) is 0.647. The van der Waals surface area contributed by atoms with Gasteiger partial charge in [0.25, 0.3) is 0 Å². The lowest BCUT2D eigenvalue weighted by Crippen LogP contribution is -2.12. The second-order valence-corrected chi connectivity index (χ2v) is 5.42. The Morgan fingerprint density at radius 2 is 1.85 bits per heavy atom. The zero-order valence-corrected chi connectivity index (χ0v) is 12.8. The normalized spacial score (nSPS) is 12.7. The fourth-order valence-corrected chi connectivity index (χ4v) is 2.48. The van der Waals surface area contributed by atoms with Gasteiger partial charge in [0.1, 0.15) is 5.75 Å². The van der Waals surface area contributed by atoms with Crippen LogP contribution in [0.25, 0.3) is 0 Å². The Hall–Kier alpha value is -1.06. The Morgan fingerprint density at radius 3 is 2.45 bits per heavy atom. The van der Waals surface area contributed by atoms with Gasteiger partial charge in [-0.3, -0.25) is 0 Å². The zero-order valence-electron chi connectivity index (χ0n) is 12.8. The van der Waals surface area contributed by atoms with Gasteiger partial charge >= 0.3 is 0 Å². The smallest absolute Gasteiger partial charge is 0.119 e. The van der Waals surface area contributed by atoms with E-state index in [1.165, 1.54) is 25.7 Å². The molecule has 0 unspecified atom stereocenters. The molecule has 0 aliphatic rings. The maximum atomic E-state index is 9.96. The van der Waals surface area contributed by atoms with Crippen LogP contribution in [0.2, 0.25) is 0 Å². The molecule has 0 aliphatic carbocycles. The Morgan fingerprint density at radius 1 is 1.15 bits per heavy atom. The van der Waals surface area contributed by atoms with Crippen molar-refractivity contribution in [2.45, 2.75) is 52.1 Å². The van der Waals surface area contributed by atoms with Gasteiger partial charge in [0, 0.05) is 0 Å². The largest absolute Gasteiger partial charge is 0.493 e. The number of hydrogen-bond acceptors (Lipinski definition) is 3. The van der Waals surface area contributed by atoms with Crippen LogP contribution in [0.1, 0.15) is 57.6 Å². The molecule has 1 aromatic carbocycles. The Labute approximate surface area is 123 Å². The molecule has 0 saturated heterocycles. The van der Waals surface area contributed by atoms with Crippen LogP contribution < -0.4 is 10.5 Å². The maximum Gasteiger partial charge on any atom is 0.119 e. The maximum absolute atomic E-state index is 9.96. The van der Waals surface area contributed by atoms with E-state index in [9.17, 15) is 5.11 Å². The fourth-order valence-electron chi connectivity index (χ4n) is 2.48. The highest BCUT2D eigenvalue weighted by Gasteiger charge is 2.10. The zero-order chi connectivity index (χ0) is 14.8. The van der Waals surface area contributed by atoms with E-state index in [0.29, 0.717) is 18.9 Å². The van der Waals surface area contributed by atoms with E-state index in [0.717, 1.165) is 17.9 Å². The van der Waals surface area contributed by atoms with Crippen molar-refractivity contribution in [2.75, 3.05) is 13.2 Å². The summed E-state index contributed by atoms with van der Waals surface area (Å²) >= 11 is 0. The molecule has 3 heteroatoms. The van der Waals surface area contributed by atoms with E-state index >= 15 is 0 Å². The molecule has 0 bridgehead atoms. The van der Waals surface area contributed by atoms with Crippen molar-refractivity contribution < 1.29 is 9.84 Å². The van der Waals surface area contributed by atoms with Crippen molar-refractivity contribution in [3.63, 3.8) is 0 Å². The molecule has 0 radical (unpaired) electrons. The molecule has 1 rings (SSSR count). The lowest BCUT2D eigenvalue weighted by molar-refractivity contribution is 0.169. The number of hydrogen-bond donors (Lipinski definition) is 2. The quantitative estimate of drug-likeness (QED) is 0.687. The second kappa shape index (κ2) is 9.78. The van der Waals surface area contributed by atoms with Gasteiger partial charge in [0.15, 0.2) is 0 Å². The van der Waals surface area contributed by atoms with E-state index in [1.807, 2.05) is 24.3 Å². The summed E-state index contributed by atoms with van der Waals surface area (Å²) in [6.07, 6.45) is 4.90. The average Bonchev–Trinajstić information content (AvgIpc) is 2.46. The number of benzene rings is 1. The molecular weight excluding hydrogens is 250 g/mol. The molecule has 0 aromatic heterocycles. The van der Waals surface area contributed by atoms with Gasteiger partial charge in [0.2, 0.25) is 0 Å². The number of aliphatic hydroxyl groups excluding tert-OH is 1. The number of aliphatic hydroxyl groups is 1. The standard InChI is InChI=1S/C17H29NO2/c1-3-6-14(7-4-2)13-20-16-9-5-8-15(12-16)17(19)10-11-18/h5,8-9,12,14,17,19H,3-4,6-7,10-11,13,18H2,1-2H3/t17-/m0/s1. The molecule has 0 heterocycles. The number of rotatable bonds is 10. The van der Waals surface area contributed by atoms with Gasteiger partial charge in [-0.2, -0.15) is 0 Å². The third kappa shape index (κ3) is 5.93. The van der Waals surface area contributed by atoms with Crippen molar-refractivity contribution in [2.24, 2.45) is 11.7 Å². The SMILES string of the molecule is CCCC(CCC)COc1cccc([C@@H](O)CCN)c1. The molecule has 0 aliphatic heterocycles. The lowest BCUT2D eigenvalue weighted by atomic mass is 9.99. The summed E-state index contributed by atoms with van der Waals surface area (Å²) in [6.45, 7) is 5.68. The third-order valence-electron chi connectivity index (χ3n) is 3.56. The van der Waals surface area contributed by atoms with Crippen LogP contribution in [-0.2, 0) is 0 Å². The van der Waals surface area contributed by atoms with Crippen LogP contribution in [0.15, 0.2) is 24.3 Å². The minimum Gasteiger partial charge on any atom is -0.493 e. The van der Waals surface area contributed by atoms with Gasteiger partial charge in [0.05, 0.1) is 12.7 Å². The Balaban J connectivity index is 2.56. The number of ether oxygens (including phenoxy) is 1. The topological polar surface area (TPSA) is 55.5 Å². The van der Waals surface area contributed by atoms with Crippen molar-refractivity contribution in [1.29, 1.82) is 0 Å². The van der Waals surface area contributed by atoms with Crippen LogP contribution >= 0.6 is 0 Å². The predicted octanol–water partition coefficient (Wildman–Crippen LogP) is 3.66. The summed E-state index contributed by atoms with van der Waals surface area (Å²) in [4.78, 5) is 0. The van der Waals surface area contributed by atoms with E-state index in [1.54, 1.807) is 0 Å². The molecule has 20 heavy (non-hydrogen) atoms. The molecule has 0 saturated carbocycles. The first kappa shape index (κ1) is 17.0. The van der Waals surface area contributed by atoms with Crippen LogP contribution in [0.5, 0.6) is 5.75 Å². The summed E-state index contributed by atoms with van der Waals surface area (Å²) in [5.74, 6) is 1.47. The van der Waals surface area contributed by atoms with Gasteiger partial charge in [-0.05, 0) is 49.4 Å². The Bertz CT molecular complexity index is 362. The highest BCUT2D eigenvalue weighted by atomic mass is 16.5. The van der Waals surface area contributed by atoms with E-state index < -0.39 is 6.10 Å².